The first-order chi connectivity index (χ1) is 27.2. The Balaban J connectivity index is 4.22. The summed E-state index contributed by atoms with van der Waals surface area (Å²) >= 11 is 0. The molecule has 0 saturated heterocycles. The van der Waals surface area contributed by atoms with Crippen molar-refractivity contribution in [1.29, 1.82) is 0 Å². The summed E-state index contributed by atoms with van der Waals surface area (Å²) in [5, 5.41) is 0. The second kappa shape index (κ2) is 47.1. The summed E-state index contributed by atoms with van der Waals surface area (Å²) in [4.78, 5) is 25.9. The Bertz CT molecular complexity index is 792. The minimum absolute atomic E-state index is 0.164. The number of esters is 2. The van der Waals surface area contributed by atoms with Crippen LogP contribution in [0.3, 0.4) is 0 Å². The predicted molar refractivity (Wildman–Crippen MR) is 241 cm³/mol. The van der Waals surface area contributed by atoms with Gasteiger partial charge in [0.2, 0.25) is 0 Å². The lowest BCUT2D eigenvalue weighted by Gasteiger charge is -2.16. The van der Waals surface area contributed by atoms with E-state index in [1.807, 2.05) is 0 Å². The molecule has 0 N–H and O–H groups in total. The number of carbonyl (C=O) groups excluding carboxylic acids is 2. The summed E-state index contributed by atoms with van der Waals surface area (Å²) in [6.07, 6.45) is 55.9. The highest BCUT2D eigenvalue weighted by Crippen LogP contribution is 2.20. The molecule has 0 aromatic heterocycles. The van der Waals surface area contributed by atoms with E-state index in [0.717, 1.165) is 51.4 Å². The Morgan fingerprint density at radius 2 is 0.655 bits per heavy atom. The molecule has 0 radical (unpaired) electrons. The average molecular weight is 775 g/mol. The number of hydrogen-bond acceptors (Lipinski definition) is 4. The van der Waals surface area contributed by atoms with Crippen LogP contribution in [0.2, 0.25) is 0 Å². The van der Waals surface area contributed by atoms with Gasteiger partial charge in [0.15, 0.2) is 0 Å². The van der Waals surface area contributed by atoms with Gasteiger partial charge in [0, 0.05) is 0 Å². The Kier molecular flexibility index (Phi) is 45.9. The maximum Gasteiger partial charge on any atom is 0.309 e. The molecule has 1 atom stereocenters. The van der Waals surface area contributed by atoms with Crippen molar-refractivity contribution in [1.82, 2.24) is 0 Å². The van der Waals surface area contributed by atoms with E-state index in [1.165, 1.54) is 205 Å². The fourth-order valence-corrected chi connectivity index (χ4v) is 7.74. The van der Waals surface area contributed by atoms with E-state index in [9.17, 15) is 9.59 Å². The minimum atomic E-state index is -0.372. The van der Waals surface area contributed by atoms with E-state index in [1.54, 1.807) is 0 Å². The van der Waals surface area contributed by atoms with Crippen LogP contribution in [0.25, 0.3) is 0 Å². The van der Waals surface area contributed by atoms with Crippen LogP contribution in [0.4, 0.5) is 0 Å². The fraction of sp³-hybridized carbons (Fsp3) is 0.922. The summed E-state index contributed by atoms with van der Waals surface area (Å²) in [6, 6.07) is 0. The Hall–Kier alpha value is -1.32. The second-order valence-corrected chi connectivity index (χ2v) is 17.1. The zero-order chi connectivity index (χ0) is 40.0. The quantitative estimate of drug-likeness (QED) is 0.0351. The van der Waals surface area contributed by atoms with Gasteiger partial charge < -0.3 is 9.47 Å². The first-order valence-corrected chi connectivity index (χ1v) is 25.1. The van der Waals surface area contributed by atoms with Crippen molar-refractivity contribution in [2.24, 2.45) is 5.92 Å². The zero-order valence-electron chi connectivity index (χ0n) is 37.8. The van der Waals surface area contributed by atoms with Gasteiger partial charge in [0.1, 0.15) is 0 Å². The monoisotopic (exact) mass is 775 g/mol. The Labute approximate surface area is 345 Å². The molecule has 326 valence electrons. The van der Waals surface area contributed by atoms with E-state index in [2.05, 4.69) is 32.9 Å². The van der Waals surface area contributed by atoms with Gasteiger partial charge in [-0.1, -0.05) is 245 Å². The van der Waals surface area contributed by atoms with Crippen molar-refractivity contribution in [2.75, 3.05) is 13.2 Å². The first kappa shape index (κ1) is 53.7. The van der Waals surface area contributed by atoms with Gasteiger partial charge in [0.05, 0.1) is 25.6 Å². The van der Waals surface area contributed by atoms with Crippen LogP contribution in [0.5, 0.6) is 0 Å². The third-order valence-corrected chi connectivity index (χ3v) is 11.6. The molecular formula is C51H98O4. The molecule has 0 aliphatic rings. The molecule has 4 heteroatoms. The molecule has 0 aliphatic heterocycles. The first-order valence-electron chi connectivity index (χ1n) is 25.1. The van der Waals surface area contributed by atoms with Crippen molar-refractivity contribution in [3.63, 3.8) is 0 Å². The molecule has 0 heterocycles. The SMILES string of the molecule is CCCCCCCCCCCCC/C=C/CCCCCCC(CC(=O)OCCCCCCCCCCCCC)C(=O)OCCCCCCCCCCCCC. The Morgan fingerprint density at radius 3 is 1.02 bits per heavy atom. The maximum absolute atomic E-state index is 13.1. The second-order valence-electron chi connectivity index (χ2n) is 17.1. The third-order valence-electron chi connectivity index (χ3n) is 11.6. The maximum atomic E-state index is 13.1. The molecule has 0 fully saturated rings. The van der Waals surface area contributed by atoms with E-state index >= 15 is 0 Å². The summed E-state index contributed by atoms with van der Waals surface area (Å²) in [7, 11) is 0. The molecule has 0 aromatic carbocycles. The summed E-state index contributed by atoms with van der Waals surface area (Å²) in [5.74, 6) is -0.793. The molecule has 0 rings (SSSR count). The molecule has 0 saturated carbocycles. The van der Waals surface area contributed by atoms with Gasteiger partial charge in [-0.3, -0.25) is 9.59 Å². The fourth-order valence-electron chi connectivity index (χ4n) is 7.74. The van der Waals surface area contributed by atoms with Crippen LogP contribution in [0.15, 0.2) is 12.2 Å². The number of unbranched alkanes of at least 4 members (excludes halogenated alkanes) is 35. The zero-order valence-corrected chi connectivity index (χ0v) is 37.8. The summed E-state index contributed by atoms with van der Waals surface area (Å²) in [5.41, 5.74) is 0. The van der Waals surface area contributed by atoms with Gasteiger partial charge in [-0.25, -0.2) is 0 Å². The van der Waals surface area contributed by atoms with Crippen LogP contribution in [-0.4, -0.2) is 25.2 Å². The number of carbonyl (C=O) groups is 2. The minimum Gasteiger partial charge on any atom is -0.466 e. The van der Waals surface area contributed by atoms with E-state index < -0.39 is 0 Å². The molecule has 0 aliphatic carbocycles. The van der Waals surface area contributed by atoms with Crippen molar-refractivity contribution < 1.29 is 19.1 Å². The van der Waals surface area contributed by atoms with Crippen molar-refractivity contribution >= 4 is 11.9 Å². The molecule has 0 bridgehead atoms. The number of rotatable bonds is 46. The highest BCUT2D eigenvalue weighted by atomic mass is 16.5. The normalized spacial score (nSPS) is 12.1. The highest BCUT2D eigenvalue weighted by molar-refractivity contribution is 5.79. The lowest BCUT2D eigenvalue weighted by Crippen LogP contribution is -2.23. The predicted octanol–water partition coefficient (Wildman–Crippen LogP) is 17.3. The lowest BCUT2D eigenvalue weighted by atomic mass is 9.97. The van der Waals surface area contributed by atoms with Gasteiger partial charge in [-0.2, -0.15) is 0 Å². The summed E-state index contributed by atoms with van der Waals surface area (Å²) in [6.45, 7) is 7.78. The molecular weight excluding hydrogens is 677 g/mol. The number of ether oxygens (including phenoxy) is 2. The smallest absolute Gasteiger partial charge is 0.309 e. The third kappa shape index (κ3) is 43.6. The van der Waals surface area contributed by atoms with Crippen LogP contribution >= 0.6 is 0 Å². The van der Waals surface area contributed by atoms with Gasteiger partial charge >= 0.3 is 11.9 Å². The van der Waals surface area contributed by atoms with Crippen LogP contribution in [0.1, 0.15) is 284 Å². The molecule has 0 aromatic rings. The lowest BCUT2D eigenvalue weighted by molar-refractivity contribution is -0.155. The molecule has 0 amide bonds. The average Bonchev–Trinajstić information content (AvgIpc) is 3.19. The largest absolute Gasteiger partial charge is 0.466 e. The topological polar surface area (TPSA) is 52.6 Å². The van der Waals surface area contributed by atoms with E-state index in [4.69, 9.17) is 9.47 Å². The van der Waals surface area contributed by atoms with Crippen molar-refractivity contribution in [2.45, 2.75) is 284 Å². The van der Waals surface area contributed by atoms with Crippen LogP contribution in [0, 0.1) is 5.92 Å². The van der Waals surface area contributed by atoms with E-state index in [-0.39, 0.29) is 24.3 Å². The summed E-state index contributed by atoms with van der Waals surface area (Å²) < 4.78 is 11.4. The Morgan fingerprint density at radius 1 is 0.364 bits per heavy atom. The van der Waals surface area contributed by atoms with Crippen LogP contribution < -0.4 is 0 Å². The van der Waals surface area contributed by atoms with E-state index in [0.29, 0.717) is 13.2 Å². The van der Waals surface area contributed by atoms with Crippen molar-refractivity contribution in [3.8, 4) is 0 Å². The molecule has 0 spiro atoms. The van der Waals surface area contributed by atoms with Crippen LogP contribution in [-0.2, 0) is 19.1 Å². The molecule has 4 nitrogen and oxygen atoms in total. The van der Waals surface area contributed by atoms with Crippen molar-refractivity contribution in [3.05, 3.63) is 12.2 Å². The van der Waals surface area contributed by atoms with Gasteiger partial charge in [-0.05, 0) is 44.9 Å². The number of allylic oxidation sites excluding steroid dienone is 2. The highest BCUT2D eigenvalue weighted by Gasteiger charge is 2.24. The molecule has 55 heavy (non-hydrogen) atoms. The molecule has 1 unspecified atom stereocenters. The number of hydrogen-bond donors (Lipinski definition) is 0. The standard InChI is InChI=1S/C51H98O4/c1-4-7-10-13-16-19-22-23-24-25-26-27-28-29-30-33-36-39-42-45-49(51(53)55-47-44-41-38-35-32-21-18-15-12-9-6-3)48-50(52)54-46-43-40-37-34-31-20-17-14-11-8-5-2/h28-29,49H,4-27,30-48H2,1-3H3/b29-28+. The van der Waals surface area contributed by atoms with Gasteiger partial charge in [-0.15, -0.1) is 0 Å². The van der Waals surface area contributed by atoms with Gasteiger partial charge in [0.25, 0.3) is 0 Å².